The van der Waals surface area contributed by atoms with Gasteiger partial charge < -0.3 is 5.32 Å². The molecule has 2 heteroatoms. The van der Waals surface area contributed by atoms with E-state index < -0.39 is 0 Å². The van der Waals surface area contributed by atoms with Crippen molar-refractivity contribution in [3.8, 4) is 0 Å². The van der Waals surface area contributed by atoms with Gasteiger partial charge in [0.05, 0.1) is 0 Å². The van der Waals surface area contributed by atoms with E-state index in [9.17, 15) is 4.39 Å². The Labute approximate surface area is 108 Å². The van der Waals surface area contributed by atoms with Crippen molar-refractivity contribution in [2.24, 2.45) is 0 Å². The standard InChI is InChI=1S/C16H18FN/c1-12-10-14(17)8-9-15(12)16(18-2)11-13-6-4-3-5-7-13/h3-10,16,18H,11H2,1-2H3. The predicted octanol–water partition coefficient (Wildman–Crippen LogP) is 3.64. The Bertz CT molecular complexity index is 508. The Balaban J connectivity index is 2.23. The fourth-order valence-electron chi connectivity index (χ4n) is 2.25. The van der Waals surface area contributed by atoms with Gasteiger partial charge in [-0.1, -0.05) is 36.4 Å². The van der Waals surface area contributed by atoms with E-state index in [4.69, 9.17) is 0 Å². The molecule has 0 spiro atoms. The van der Waals surface area contributed by atoms with E-state index in [1.807, 2.05) is 38.2 Å². The van der Waals surface area contributed by atoms with Crippen LogP contribution in [-0.2, 0) is 6.42 Å². The molecule has 0 saturated heterocycles. The molecule has 2 rings (SSSR count). The van der Waals surface area contributed by atoms with E-state index in [2.05, 4.69) is 17.4 Å². The molecule has 94 valence electrons. The normalized spacial score (nSPS) is 12.4. The fourth-order valence-corrected chi connectivity index (χ4v) is 2.25. The molecular formula is C16H18FN. The molecule has 0 aliphatic rings. The molecule has 18 heavy (non-hydrogen) atoms. The zero-order valence-electron chi connectivity index (χ0n) is 10.8. The van der Waals surface area contributed by atoms with Gasteiger partial charge in [-0.3, -0.25) is 0 Å². The minimum atomic E-state index is -0.175. The van der Waals surface area contributed by atoms with E-state index in [1.165, 1.54) is 11.6 Å². The zero-order chi connectivity index (χ0) is 13.0. The molecule has 0 aliphatic carbocycles. The van der Waals surface area contributed by atoms with Crippen LogP contribution in [0.2, 0.25) is 0 Å². The highest BCUT2D eigenvalue weighted by Crippen LogP contribution is 2.22. The molecule has 0 saturated carbocycles. The molecule has 0 fully saturated rings. The Hall–Kier alpha value is -1.67. The van der Waals surface area contributed by atoms with Gasteiger partial charge in [-0.2, -0.15) is 0 Å². The number of likely N-dealkylation sites (N-methyl/N-ethyl adjacent to an activating group) is 1. The van der Waals surface area contributed by atoms with Crippen molar-refractivity contribution in [1.29, 1.82) is 0 Å². The van der Waals surface area contributed by atoms with Crippen molar-refractivity contribution in [2.75, 3.05) is 7.05 Å². The van der Waals surface area contributed by atoms with Crippen molar-refractivity contribution in [2.45, 2.75) is 19.4 Å². The van der Waals surface area contributed by atoms with E-state index >= 15 is 0 Å². The fraction of sp³-hybridized carbons (Fsp3) is 0.250. The maximum absolute atomic E-state index is 13.1. The summed E-state index contributed by atoms with van der Waals surface area (Å²) in [5, 5.41) is 3.30. The monoisotopic (exact) mass is 243 g/mol. The molecule has 1 N–H and O–H groups in total. The summed E-state index contributed by atoms with van der Waals surface area (Å²) in [4.78, 5) is 0. The molecule has 1 atom stereocenters. The summed E-state index contributed by atoms with van der Waals surface area (Å²) in [7, 11) is 1.94. The van der Waals surface area contributed by atoms with E-state index in [1.54, 1.807) is 6.07 Å². The third-order valence-electron chi connectivity index (χ3n) is 3.24. The van der Waals surface area contributed by atoms with Crippen LogP contribution in [0, 0.1) is 12.7 Å². The van der Waals surface area contributed by atoms with Crippen LogP contribution in [-0.4, -0.2) is 7.05 Å². The lowest BCUT2D eigenvalue weighted by Crippen LogP contribution is -2.19. The lowest BCUT2D eigenvalue weighted by atomic mass is 9.95. The predicted molar refractivity (Wildman–Crippen MR) is 73.1 cm³/mol. The van der Waals surface area contributed by atoms with Crippen molar-refractivity contribution in [3.63, 3.8) is 0 Å². The first-order chi connectivity index (χ1) is 8.70. The molecule has 0 aliphatic heterocycles. The minimum Gasteiger partial charge on any atom is -0.313 e. The van der Waals surface area contributed by atoms with Crippen LogP contribution in [0.4, 0.5) is 4.39 Å². The highest BCUT2D eigenvalue weighted by molar-refractivity contribution is 5.31. The molecule has 0 bridgehead atoms. The zero-order valence-corrected chi connectivity index (χ0v) is 10.8. The topological polar surface area (TPSA) is 12.0 Å². The molecule has 1 unspecified atom stereocenters. The Morgan fingerprint density at radius 3 is 2.44 bits per heavy atom. The second-order valence-corrected chi connectivity index (χ2v) is 4.53. The quantitative estimate of drug-likeness (QED) is 0.864. The van der Waals surface area contributed by atoms with Gasteiger partial charge in [0.15, 0.2) is 0 Å². The molecule has 0 aromatic heterocycles. The number of halogens is 1. The highest BCUT2D eigenvalue weighted by atomic mass is 19.1. The van der Waals surface area contributed by atoms with E-state index in [0.717, 1.165) is 17.5 Å². The third kappa shape index (κ3) is 2.96. The summed E-state index contributed by atoms with van der Waals surface area (Å²) in [5.41, 5.74) is 3.42. The first-order valence-corrected chi connectivity index (χ1v) is 6.18. The number of rotatable bonds is 4. The average molecular weight is 243 g/mol. The van der Waals surface area contributed by atoms with Crippen LogP contribution in [0.15, 0.2) is 48.5 Å². The lowest BCUT2D eigenvalue weighted by Gasteiger charge is -2.19. The summed E-state index contributed by atoms with van der Waals surface area (Å²) in [6.07, 6.45) is 0.907. The van der Waals surface area contributed by atoms with Gasteiger partial charge in [-0.25, -0.2) is 4.39 Å². The lowest BCUT2D eigenvalue weighted by molar-refractivity contribution is 0.582. The number of benzene rings is 2. The van der Waals surface area contributed by atoms with Gasteiger partial charge in [0.25, 0.3) is 0 Å². The average Bonchev–Trinajstić information content (AvgIpc) is 2.38. The minimum absolute atomic E-state index is 0.175. The van der Waals surface area contributed by atoms with Gasteiger partial charge in [0.1, 0.15) is 5.82 Å². The first-order valence-electron chi connectivity index (χ1n) is 6.18. The van der Waals surface area contributed by atoms with Crippen molar-refractivity contribution < 1.29 is 4.39 Å². The SMILES string of the molecule is CNC(Cc1ccccc1)c1ccc(F)cc1C. The largest absolute Gasteiger partial charge is 0.313 e. The number of hydrogen-bond donors (Lipinski definition) is 1. The Morgan fingerprint density at radius 1 is 1.11 bits per heavy atom. The maximum Gasteiger partial charge on any atom is 0.123 e. The molecule has 0 radical (unpaired) electrons. The van der Waals surface area contributed by atoms with Crippen LogP contribution in [0.5, 0.6) is 0 Å². The van der Waals surface area contributed by atoms with E-state index in [0.29, 0.717) is 0 Å². The number of hydrogen-bond acceptors (Lipinski definition) is 1. The van der Waals surface area contributed by atoms with Crippen LogP contribution in [0.25, 0.3) is 0 Å². The molecule has 0 amide bonds. The molecule has 1 nitrogen and oxygen atoms in total. The molecule has 2 aromatic carbocycles. The number of aryl methyl sites for hydroxylation is 1. The molecule has 2 aromatic rings. The summed E-state index contributed by atoms with van der Waals surface area (Å²) in [5.74, 6) is -0.175. The van der Waals surface area contributed by atoms with Crippen molar-refractivity contribution in [3.05, 3.63) is 71.0 Å². The van der Waals surface area contributed by atoms with Gasteiger partial charge in [0.2, 0.25) is 0 Å². The van der Waals surface area contributed by atoms with Crippen LogP contribution in [0.1, 0.15) is 22.7 Å². The van der Waals surface area contributed by atoms with Gasteiger partial charge >= 0.3 is 0 Å². The van der Waals surface area contributed by atoms with E-state index in [-0.39, 0.29) is 11.9 Å². The van der Waals surface area contributed by atoms with Gasteiger partial charge in [-0.15, -0.1) is 0 Å². The first kappa shape index (κ1) is 12.8. The molecular weight excluding hydrogens is 225 g/mol. The van der Waals surface area contributed by atoms with Crippen LogP contribution in [0.3, 0.4) is 0 Å². The van der Waals surface area contributed by atoms with Crippen molar-refractivity contribution >= 4 is 0 Å². The Morgan fingerprint density at radius 2 is 1.83 bits per heavy atom. The van der Waals surface area contributed by atoms with Crippen LogP contribution >= 0.6 is 0 Å². The third-order valence-corrected chi connectivity index (χ3v) is 3.24. The maximum atomic E-state index is 13.1. The summed E-state index contributed by atoms with van der Waals surface area (Å²) < 4.78 is 13.1. The van der Waals surface area contributed by atoms with Crippen molar-refractivity contribution in [1.82, 2.24) is 5.32 Å². The highest BCUT2D eigenvalue weighted by Gasteiger charge is 2.12. The van der Waals surface area contributed by atoms with Gasteiger partial charge in [0, 0.05) is 6.04 Å². The second kappa shape index (κ2) is 5.78. The smallest absolute Gasteiger partial charge is 0.123 e. The molecule has 0 heterocycles. The number of nitrogens with one attached hydrogen (secondary N) is 1. The summed E-state index contributed by atoms with van der Waals surface area (Å²) >= 11 is 0. The Kier molecular flexibility index (Phi) is 4.11. The van der Waals surface area contributed by atoms with Gasteiger partial charge in [-0.05, 0) is 49.2 Å². The summed E-state index contributed by atoms with van der Waals surface area (Å²) in [6.45, 7) is 1.95. The van der Waals surface area contributed by atoms with Crippen LogP contribution < -0.4 is 5.32 Å². The second-order valence-electron chi connectivity index (χ2n) is 4.53. The summed E-state index contributed by atoms with van der Waals surface area (Å²) in [6, 6.07) is 15.5.